The molecule has 43 heavy (non-hydrogen) atoms. The van der Waals surface area contributed by atoms with E-state index < -0.39 is 0 Å². The SMILES string of the molecule is CCOC(=O)CCN(Cc1ccccc1Cl)C(=O)CN1CCc2ccc(N3CCN(Cc4ccccc4)CC3)cc2C1=O. The average molecular weight is 603 g/mol. The minimum Gasteiger partial charge on any atom is -0.466 e. The van der Waals surface area contributed by atoms with Gasteiger partial charge >= 0.3 is 5.97 Å². The molecule has 2 heterocycles. The Kier molecular flexibility index (Phi) is 10.3. The predicted molar refractivity (Wildman–Crippen MR) is 168 cm³/mol. The number of hydrogen-bond donors (Lipinski definition) is 0. The Labute approximate surface area is 258 Å². The highest BCUT2D eigenvalue weighted by molar-refractivity contribution is 6.31. The second kappa shape index (κ2) is 14.5. The number of benzene rings is 3. The number of fused-ring (bicyclic) bond motifs is 1. The van der Waals surface area contributed by atoms with Crippen molar-refractivity contribution in [3.8, 4) is 0 Å². The molecule has 0 aromatic heterocycles. The van der Waals surface area contributed by atoms with Crippen molar-refractivity contribution in [2.45, 2.75) is 32.9 Å². The molecule has 0 saturated carbocycles. The summed E-state index contributed by atoms with van der Waals surface area (Å²) < 4.78 is 5.07. The molecule has 0 bridgehead atoms. The highest BCUT2D eigenvalue weighted by Crippen LogP contribution is 2.26. The molecule has 2 aliphatic heterocycles. The van der Waals surface area contributed by atoms with Gasteiger partial charge in [0.2, 0.25) is 5.91 Å². The molecule has 8 nitrogen and oxygen atoms in total. The van der Waals surface area contributed by atoms with Crippen molar-refractivity contribution >= 4 is 35.1 Å². The monoisotopic (exact) mass is 602 g/mol. The van der Waals surface area contributed by atoms with Gasteiger partial charge in [0, 0.05) is 68.6 Å². The maximum absolute atomic E-state index is 13.7. The van der Waals surface area contributed by atoms with Crippen molar-refractivity contribution in [2.75, 3.05) is 57.3 Å². The molecule has 0 N–H and O–H groups in total. The van der Waals surface area contributed by atoms with Gasteiger partial charge in [-0.15, -0.1) is 0 Å². The first-order valence-corrected chi connectivity index (χ1v) is 15.4. The van der Waals surface area contributed by atoms with E-state index in [2.05, 4.69) is 46.2 Å². The van der Waals surface area contributed by atoms with Crippen molar-refractivity contribution in [2.24, 2.45) is 0 Å². The number of amides is 2. The molecule has 226 valence electrons. The topological polar surface area (TPSA) is 73.4 Å². The number of ether oxygens (including phenoxy) is 1. The minimum absolute atomic E-state index is 0.0616. The van der Waals surface area contributed by atoms with Crippen LogP contribution in [0.4, 0.5) is 5.69 Å². The molecule has 0 atom stereocenters. The maximum Gasteiger partial charge on any atom is 0.307 e. The zero-order valence-corrected chi connectivity index (χ0v) is 25.5. The Morgan fingerprint density at radius 3 is 2.42 bits per heavy atom. The third-order valence-electron chi connectivity index (χ3n) is 8.14. The van der Waals surface area contributed by atoms with Gasteiger partial charge in [0.15, 0.2) is 0 Å². The summed E-state index contributed by atoms with van der Waals surface area (Å²) in [7, 11) is 0. The van der Waals surface area contributed by atoms with Crippen LogP contribution in [0.1, 0.15) is 40.4 Å². The highest BCUT2D eigenvalue weighted by atomic mass is 35.5. The molecule has 0 spiro atoms. The molecule has 1 fully saturated rings. The van der Waals surface area contributed by atoms with E-state index in [4.69, 9.17) is 16.3 Å². The summed E-state index contributed by atoms with van der Waals surface area (Å²) in [6.45, 7) is 7.49. The first-order valence-electron chi connectivity index (χ1n) is 15.0. The summed E-state index contributed by atoms with van der Waals surface area (Å²) in [5, 5.41) is 0.549. The van der Waals surface area contributed by atoms with Crippen LogP contribution < -0.4 is 4.90 Å². The summed E-state index contributed by atoms with van der Waals surface area (Å²) in [6, 6.07) is 24.0. The van der Waals surface area contributed by atoms with Crippen LogP contribution in [0.5, 0.6) is 0 Å². The highest BCUT2D eigenvalue weighted by Gasteiger charge is 2.29. The molecular weight excluding hydrogens is 564 g/mol. The summed E-state index contributed by atoms with van der Waals surface area (Å²) in [5.41, 5.74) is 4.80. The van der Waals surface area contributed by atoms with E-state index in [1.165, 1.54) is 5.56 Å². The maximum atomic E-state index is 13.7. The fourth-order valence-electron chi connectivity index (χ4n) is 5.71. The molecule has 0 unspecified atom stereocenters. The number of halogens is 1. The van der Waals surface area contributed by atoms with Gasteiger partial charge in [0.1, 0.15) is 6.54 Å². The number of hydrogen-bond acceptors (Lipinski definition) is 6. The lowest BCUT2D eigenvalue weighted by molar-refractivity contribution is -0.144. The lowest BCUT2D eigenvalue weighted by Gasteiger charge is -2.37. The third kappa shape index (κ3) is 7.94. The van der Waals surface area contributed by atoms with Crippen molar-refractivity contribution < 1.29 is 19.1 Å². The van der Waals surface area contributed by atoms with E-state index in [1.54, 1.807) is 22.8 Å². The number of piperazine rings is 1. The van der Waals surface area contributed by atoms with Crippen LogP contribution in [-0.2, 0) is 33.8 Å². The summed E-state index contributed by atoms with van der Waals surface area (Å²) in [4.78, 5) is 47.3. The number of carbonyl (C=O) groups excluding carboxylic acids is 3. The van der Waals surface area contributed by atoms with Crippen molar-refractivity contribution in [1.82, 2.24) is 14.7 Å². The van der Waals surface area contributed by atoms with Gasteiger partial charge in [-0.3, -0.25) is 19.3 Å². The molecule has 5 rings (SSSR count). The Hall–Kier alpha value is -3.88. The van der Waals surface area contributed by atoms with Gasteiger partial charge in [0.05, 0.1) is 13.0 Å². The Balaban J connectivity index is 1.23. The van der Waals surface area contributed by atoms with E-state index in [0.29, 0.717) is 23.6 Å². The van der Waals surface area contributed by atoms with Gasteiger partial charge < -0.3 is 19.4 Å². The van der Waals surface area contributed by atoms with Crippen LogP contribution in [0.3, 0.4) is 0 Å². The number of anilines is 1. The van der Waals surface area contributed by atoms with Crippen LogP contribution in [0, 0.1) is 0 Å². The second-order valence-corrected chi connectivity index (χ2v) is 11.4. The average Bonchev–Trinajstić information content (AvgIpc) is 3.02. The summed E-state index contributed by atoms with van der Waals surface area (Å²) in [6.07, 6.45) is 0.760. The number of nitrogens with zero attached hydrogens (tertiary/aromatic N) is 4. The predicted octanol–water partition coefficient (Wildman–Crippen LogP) is 4.64. The lowest BCUT2D eigenvalue weighted by Crippen LogP contribution is -2.47. The van der Waals surface area contributed by atoms with Crippen LogP contribution in [0.2, 0.25) is 5.02 Å². The molecule has 3 aromatic carbocycles. The lowest BCUT2D eigenvalue weighted by atomic mass is 9.97. The number of rotatable bonds is 11. The molecule has 1 saturated heterocycles. The summed E-state index contributed by atoms with van der Waals surface area (Å²) in [5.74, 6) is -0.732. The first-order chi connectivity index (χ1) is 20.9. The van der Waals surface area contributed by atoms with Gasteiger partial charge in [-0.05, 0) is 48.2 Å². The van der Waals surface area contributed by atoms with E-state index in [9.17, 15) is 14.4 Å². The summed E-state index contributed by atoms with van der Waals surface area (Å²) >= 11 is 6.38. The zero-order valence-electron chi connectivity index (χ0n) is 24.7. The number of esters is 1. The smallest absolute Gasteiger partial charge is 0.307 e. The van der Waals surface area contributed by atoms with Gasteiger partial charge in [-0.2, -0.15) is 0 Å². The van der Waals surface area contributed by atoms with Crippen LogP contribution >= 0.6 is 11.6 Å². The van der Waals surface area contributed by atoms with Gasteiger partial charge in [0.25, 0.3) is 5.91 Å². The van der Waals surface area contributed by atoms with E-state index in [-0.39, 0.29) is 50.4 Å². The zero-order chi connectivity index (χ0) is 30.2. The quantitative estimate of drug-likeness (QED) is 0.298. The Morgan fingerprint density at radius 1 is 0.930 bits per heavy atom. The largest absolute Gasteiger partial charge is 0.466 e. The van der Waals surface area contributed by atoms with Crippen molar-refractivity contribution in [3.63, 3.8) is 0 Å². The van der Waals surface area contributed by atoms with Crippen molar-refractivity contribution in [3.05, 3.63) is 100 Å². The fourth-order valence-corrected chi connectivity index (χ4v) is 5.90. The first kappa shape index (κ1) is 30.6. The fraction of sp³-hybridized carbons (Fsp3) is 0.382. The van der Waals surface area contributed by atoms with E-state index in [1.807, 2.05) is 30.3 Å². The van der Waals surface area contributed by atoms with Crippen LogP contribution in [0.15, 0.2) is 72.8 Å². The van der Waals surface area contributed by atoms with Crippen LogP contribution in [-0.4, -0.2) is 84.9 Å². The van der Waals surface area contributed by atoms with E-state index in [0.717, 1.165) is 49.5 Å². The van der Waals surface area contributed by atoms with E-state index >= 15 is 0 Å². The van der Waals surface area contributed by atoms with Crippen molar-refractivity contribution in [1.29, 1.82) is 0 Å². The normalized spacial score (nSPS) is 15.3. The Morgan fingerprint density at radius 2 is 1.67 bits per heavy atom. The molecule has 3 aromatic rings. The molecule has 2 amide bonds. The molecule has 2 aliphatic rings. The molecule has 0 radical (unpaired) electrons. The van der Waals surface area contributed by atoms with Crippen LogP contribution in [0.25, 0.3) is 0 Å². The standard InChI is InChI=1S/C34H39ClN4O4/c1-2-43-33(41)15-17-38(24-28-10-6-7-11-31(28)35)32(40)25-39-16-14-27-12-13-29(22-30(27)34(39)42)37-20-18-36(19-21-37)23-26-8-4-3-5-9-26/h3-13,22H,2,14-21,23-25H2,1H3. The van der Waals surface area contributed by atoms with Gasteiger partial charge in [-0.25, -0.2) is 0 Å². The van der Waals surface area contributed by atoms with Gasteiger partial charge in [-0.1, -0.05) is 66.2 Å². The molecular formula is C34H39ClN4O4. The number of carbonyl (C=O) groups is 3. The second-order valence-electron chi connectivity index (χ2n) is 11.0. The third-order valence-corrected chi connectivity index (χ3v) is 8.51. The minimum atomic E-state index is -0.365. The molecule has 9 heteroatoms. The Bertz CT molecular complexity index is 1420. The molecule has 0 aliphatic carbocycles.